The zero-order valence-electron chi connectivity index (χ0n) is 10.9. The fraction of sp³-hybridized carbons (Fsp3) is 0.133. The van der Waals surface area contributed by atoms with Crippen molar-refractivity contribution >= 4 is 17.6 Å². The molecule has 3 nitrogen and oxygen atoms in total. The van der Waals surface area contributed by atoms with Gasteiger partial charge in [-0.1, -0.05) is 0 Å². The monoisotopic (exact) mass is 272 g/mol. The average Bonchev–Trinajstić information content (AvgIpc) is 2.39. The highest BCUT2D eigenvalue weighted by Crippen LogP contribution is 2.25. The van der Waals surface area contributed by atoms with Gasteiger partial charge in [0.25, 0.3) is 0 Å². The van der Waals surface area contributed by atoms with E-state index in [-0.39, 0.29) is 5.84 Å². The lowest BCUT2D eigenvalue weighted by atomic mass is 10.1. The highest BCUT2D eigenvalue weighted by molar-refractivity contribution is 7.98. The molecule has 0 unspecified atom stereocenters. The van der Waals surface area contributed by atoms with E-state index in [0.29, 0.717) is 0 Å². The van der Waals surface area contributed by atoms with Crippen molar-refractivity contribution in [2.75, 3.05) is 6.26 Å². The topological polar surface area (TPSA) is 59.1 Å². The molecule has 2 aromatic carbocycles. The van der Waals surface area contributed by atoms with E-state index < -0.39 is 0 Å². The van der Waals surface area contributed by atoms with Crippen LogP contribution < -0.4 is 10.5 Å². The molecule has 2 rings (SSSR count). The summed E-state index contributed by atoms with van der Waals surface area (Å²) in [7, 11) is 0. The highest BCUT2D eigenvalue weighted by atomic mass is 32.2. The standard InChI is InChI=1S/C15H16N2OS/c1-10-9-12(5-8-14(10)15(16)17)18-11-3-6-13(19-2)7-4-11/h3-9H,1-2H3,(H3,16,17). The molecule has 0 bridgehead atoms. The van der Waals surface area contributed by atoms with E-state index in [1.807, 2.05) is 55.6 Å². The van der Waals surface area contributed by atoms with Crippen LogP contribution in [0.4, 0.5) is 0 Å². The molecule has 2 aromatic rings. The summed E-state index contributed by atoms with van der Waals surface area (Å²) in [5.41, 5.74) is 7.17. The Morgan fingerprint density at radius 2 is 1.74 bits per heavy atom. The normalized spacial score (nSPS) is 10.2. The smallest absolute Gasteiger partial charge is 0.127 e. The first kappa shape index (κ1) is 13.5. The predicted molar refractivity (Wildman–Crippen MR) is 80.5 cm³/mol. The number of nitrogen functional groups attached to an aromatic ring is 1. The van der Waals surface area contributed by atoms with Crippen LogP contribution in [0.3, 0.4) is 0 Å². The van der Waals surface area contributed by atoms with E-state index in [2.05, 4.69) is 0 Å². The summed E-state index contributed by atoms with van der Waals surface area (Å²) in [4.78, 5) is 1.20. The van der Waals surface area contributed by atoms with Crippen molar-refractivity contribution < 1.29 is 4.74 Å². The predicted octanol–water partition coefficient (Wildman–Crippen LogP) is 3.79. The Hall–Kier alpha value is -1.94. The molecule has 0 aliphatic rings. The van der Waals surface area contributed by atoms with Gasteiger partial charge in [-0.15, -0.1) is 11.8 Å². The summed E-state index contributed by atoms with van der Waals surface area (Å²) < 4.78 is 5.77. The number of hydrogen-bond donors (Lipinski definition) is 2. The van der Waals surface area contributed by atoms with Gasteiger partial charge in [0.05, 0.1) is 0 Å². The van der Waals surface area contributed by atoms with Crippen LogP contribution in [0, 0.1) is 12.3 Å². The first-order valence-electron chi connectivity index (χ1n) is 5.87. The summed E-state index contributed by atoms with van der Waals surface area (Å²) in [5.74, 6) is 1.63. The van der Waals surface area contributed by atoms with E-state index >= 15 is 0 Å². The molecular weight excluding hydrogens is 256 g/mol. The molecule has 0 saturated heterocycles. The van der Waals surface area contributed by atoms with Crippen molar-refractivity contribution in [1.29, 1.82) is 5.41 Å². The van der Waals surface area contributed by atoms with Gasteiger partial charge < -0.3 is 10.5 Å². The molecule has 98 valence electrons. The fourth-order valence-electron chi connectivity index (χ4n) is 1.78. The number of thioether (sulfide) groups is 1. The van der Waals surface area contributed by atoms with Crippen LogP contribution in [-0.4, -0.2) is 12.1 Å². The average molecular weight is 272 g/mol. The van der Waals surface area contributed by atoms with E-state index in [0.717, 1.165) is 22.6 Å². The quantitative estimate of drug-likeness (QED) is 0.505. The minimum atomic E-state index is 0.0772. The zero-order chi connectivity index (χ0) is 13.8. The van der Waals surface area contributed by atoms with Crippen LogP contribution in [0.25, 0.3) is 0 Å². The molecule has 19 heavy (non-hydrogen) atoms. The van der Waals surface area contributed by atoms with Gasteiger partial charge in [-0.3, -0.25) is 5.41 Å². The Morgan fingerprint density at radius 1 is 1.11 bits per heavy atom. The molecule has 0 spiro atoms. The maximum absolute atomic E-state index is 7.45. The van der Waals surface area contributed by atoms with Crippen molar-refractivity contribution in [3.05, 3.63) is 53.6 Å². The van der Waals surface area contributed by atoms with Crippen LogP contribution >= 0.6 is 11.8 Å². The van der Waals surface area contributed by atoms with E-state index in [1.54, 1.807) is 11.8 Å². The number of rotatable bonds is 4. The Bertz CT molecular complexity index is 594. The van der Waals surface area contributed by atoms with Gasteiger partial charge >= 0.3 is 0 Å². The Balaban J connectivity index is 2.18. The molecule has 4 heteroatoms. The lowest BCUT2D eigenvalue weighted by Gasteiger charge is -2.09. The molecule has 0 saturated carbocycles. The first-order chi connectivity index (χ1) is 9.10. The molecule has 0 heterocycles. The SMILES string of the molecule is CSc1ccc(Oc2ccc(C(=N)N)c(C)c2)cc1. The minimum absolute atomic E-state index is 0.0772. The third-order valence-corrected chi connectivity index (χ3v) is 3.53. The lowest BCUT2D eigenvalue weighted by Crippen LogP contribution is -2.12. The second-order valence-corrected chi connectivity index (χ2v) is 5.05. The molecular formula is C15H16N2OS. The molecule has 0 fully saturated rings. The summed E-state index contributed by atoms with van der Waals surface area (Å²) in [5, 5.41) is 7.45. The van der Waals surface area contributed by atoms with Gasteiger partial charge in [0.1, 0.15) is 17.3 Å². The van der Waals surface area contributed by atoms with Gasteiger partial charge in [0.2, 0.25) is 0 Å². The maximum Gasteiger partial charge on any atom is 0.127 e. The van der Waals surface area contributed by atoms with Crippen LogP contribution in [0.1, 0.15) is 11.1 Å². The second kappa shape index (κ2) is 5.80. The maximum atomic E-state index is 7.45. The molecule has 0 radical (unpaired) electrons. The van der Waals surface area contributed by atoms with Gasteiger partial charge in [-0.25, -0.2) is 0 Å². The number of amidine groups is 1. The number of ether oxygens (including phenoxy) is 1. The summed E-state index contributed by atoms with van der Waals surface area (Å²) in [6.45, 7) is 1.92. The molecule has 0 amide bonds. The van der Waals surface area contributed by atoms with Crippen molar-refractivity contribution in [2.24, 2.45) is 5.73 Å². The molecule has 0 aromatic heterocycles. The summed E-state index contributed by atoms with van der Waals surface area (Å²) in [6.07, 6.45) is 2.04. The van der Waals surface area contributed by atoms with Crippen molar-refractivity contribution in [1.82, 2.24) is 0 Å². The van der Waals surface area contributed by atoms with Crippen LogP contribution in [0.5, 0.6) is 11.5 Å². The summed E-state index contributed by atoms with van der Waals surface area (Å²) >= 11 is 1.70. The lowest BCUT2D eigenvalue weighted by molar-refractivity contribution is 0.482. The Kier molecular flexibility index (Phi) is 4.12. The molecule has 0 aliphatic carbocycles. The third kappa shape index (κ3) is 3.29. The third-order valence-electron chi connectivity index (χ3n) is 2.78. The van der Waals surface area contributed by atoms with E-state index in [4.69, 9.17) is 15.9 Å². The van der Waals surface area contributed by atoms with Gasteiger partial charge in [0.15, 0.2) is 0 Å². The van der Waals surface area contributed by atoms with E-state index in [9.17, 15) is 0 Å². The first-order valence-corrected chi connectivity index (χ1v) is 7.09. The van der Waals surface area contributed by atoms with Gasteiger partial charge in [0, 0.05) is 10.5 Å². The Morgan fingerprint density at radius 3 is 2.26 bits per heavy atom. The minimum Gasteiger partial charge on any atom is -0.457 e. The number of benzene rings is 2. The van der Waals surface area contributed by atoms with E-state index in [1.165, 1.54) is 4.90 Å². The van der Waals surface area contributed by atoms with Crippen LogP contribution in [0.15, 0.2) is 47.4 Å². The molecule has 0 aliphatic heterocycles. The van der Waals surface area contributed by atoms with Gasteiger partial charge in [-0.2, -0.15) is 0 Å². The highest BCUT2D eigenvalue weighted by Gasteiger charge is 2.04. The zero-order valence-corrected chi connectivity index (χ0v) is 11.8. The summed E-state index contributed by atoms with van der Waals surface area (Å²) in [6, 6.07) is 13.5. The number of hydrogen-bond acceptors (Lipinski definition) is 3. The Labute approximate surface area is 117 Å². The number of nitrogens with two attached hydrogens (primary N) is 1. The molecule has 0 atom stereocenters. The van der Waals surface area contributed by atoms with Crippen molar-refractivity contribution in [2.45, 2.75) is 11.8 Å². The van der Waals surface area contributed by atoms with Crippen molar-refractivity contribution in [3.63, 3.8) is 0 Å². The van der Waals surface area contributed by atoms with Crippen molar-refractivity contribution in [3.8, 4) is 11.5 Å². The fourth-order valence-corrected chi connectivity index (χ4v) is 2.19. The van der Waals surface area contributed by atoms with Crippen LogP contribution in [0.2, 0.25) is 0 Å². The number of nitrogens with one attached hydrogen (secondary N) is 1. The molecule has 3 N–H and O–H groups in total. The van der Waals surface area contributed by atoms with Gasteiger partial charge in [-0.05, 0) is 61.2 Å². The largest absolute Gasteiger partial charge is 0.457 e. The van der Waals surface area contributed by atoms with Crippen LogP contribution in [-0.2, 0) is 0 Å². The number of aryl methyl sites for hydroxylation is 1. The second-order valence-electron chi connectivity index (χ2n) is 4.17.